The van der Waals surface area contributed by atoms with Gasteiger partial charge in [-0.25, -0.2) is 4.79 Å². The molecule has 0 spiro atoms. The molecule has 4 aliphatic carbocycles. The zero-order valence-electron chi connectivity index (χ0n) is 19.9. The molecule has 1 aromatic rings. The van der Waals surface area contributed by atoms with E-state index in [0.717, 1.165) is 19.3 Å². The Morgan fingerprint density at radius 2 is 1.71 bits per heavy atom. The van der Waals surface area contributed by atoms with Gasteiger partial charge in [0.25, 0.3) is 5.91 Å². The highest BCUT2D eigenvalue weighted by Crippen LogP contribution is 2.60. The highest BCUT2D eigenvalue weighted by Gasteiger charge is 2.57. The average molecular weight is 485 g/mol. The molecule has 2 amide bonds. The standard InChI is InChI=1S/C26H32N2O7/c1-14(23(30)27-18-2-3-21-22(7-18)34-13-33-21)35-24(31)20-8-19(29)12-28(20)25(32)26-9-15-4-16(10-26)6-17(5-15)11-26/h2-3,7,14-17,19-20,29H,4-6,8-13H2,1H3,(H,27,30)/t14-,15?,16?,17?,19+,20-,26?/m0/s1. The number of β-amino-alcohol motifs (C(OH)–C–C–N with tert-alkyl or cyclic N) is 1. The Hall–Kier alpha value is -2.81. The molecule has 3 atom stereocenters. The molecule has 4 saturated carbocycles. The van der Waals surface area contributed by atoms with Gasteiger partial charge in [0, 0.05) is 24.7 Å². The molecule has 188 valence electrons. The molecule has 2 aliphatic heterocycles. The van der Waals surface area contributed by atoms with Crippen molar-refractivity contribution in [3.8, 4) is 11.5 Å². The summed E-state index contributed by atoms with van der Waals surface area (Å²) in [6, 6.07) is 4.15. The number of aliphatic hydroxyl groups excluding tert-OH is 1. The lowest BCUT2D eigenvalue weighted by Crippen LogP contribution is -2.56. The molecule has 5 fully saturated rings. The van der Waals surface area contributed by atoms with E-state index in [1.807, 2.05) is 0 Å². The second-order valence-corrected chi connectivity index (χ2v) is 11.2. The van der Waals surface area contributed by atoms with Crippen molar-refractivity contribution in [1.29, 1.82) is 0 Å². The Labute approximate surface area is 204 Å². The lowest BCUT2D eigenvalue weighted by molar-refractivity contribution is -0.168. The number of nitrogens with one attached hydrogen (secondary N) is 1. The Kier molecular flexibility index (Phi) is 5.43. The topological polar surface area (TPSA) is 114 Å². The number of benzene rings is 1. The van der Waals surface area contributed by atoms with Crippen LogP contribution in [0.4, 0.5) is 5.69 Å². The van der Waals surface area contributed by atoms with Gasteiger partial charge >= 0.3 is 5.97 Å². The first-order valence-electron chi connectivity index (χ1n) is 12.7. The summed E-state index contributed by atoms with van der Waals surface area (Å²) in [5.74, 6) is 1.79. The fraction of sp³-hybridized carbons (Fsp3) is 0.654. The summed E-state index contributed by atoms with van der Waals surface area (Å²) in [5, 5.41) is 13.1. The number of likely N-dealkylation sites (tertiary alicyclic amines) is 1. The third kappa shape index (κ3) is 4.03. The number of rotatable bonds is 5. The molecule has 7 rings (SSSR count). The Bertz CT molecular complexity index is 1020. The maximum absolute atomic E-state index is 13.8. The van der Waals surface area contributed by atoms with E-state index in [2.05, 4.69) is 5.32 Å². The number of ether oxygens (including phenoxy) is 3. The van der Waals surface area contributed by atoms with Gasteiger partial charge in [-0.15, -0.1) is 0 Å². The summed E-state index contributed by atoms with van der Waals surface area (Å²) in [5.41, 5.74) is 0.0942. The maximum atomic E-state index is 13.8. The van der Waals surface area contributed by atoms with Gasteiger partial charge in [-0.1, -0.05) is 0 Å². The maximum Gasteiger partial charge on any atom is 0.329 e. The monoisotopic (exact) mass is 484 g/mol. The van der Waals surface area contributed by atoms with Crippen LogP contribution in [-0.4, -0.2) is 59.4 Å². The summed E-state index contributed by atoms with van der Waals surface area (Å²) < 4.78 is 16.1. The number of hydrogen-bond donors (Lipinski definition) is 2. The highest BCUT2D eigenvalue weighted by atomic mass is 16.7. The van der Waals surface area contributed by atoms with Crippen LogP contribution in [0.15, 0.2) is 18.2 Å². The predicted molar refractivity (Wildman–Crippen MR) is 123 cm³/mol. The molecule has 2 N–H and O–H groups in total. The van der Waals surface area contributed by atoms with Gasteiger partial charge in [-0.2, -0.15) is 0 Å². The number of esters is 1. The Balaban J connectivity index is 1.11. The SMILES string of the molecule is C[C@H](OC(=O)[C@@H]1C[C@@H](O)CN1C(=O)C12CC3CC(CC(C3)C1)C2)C(=O)Nc1ccc2c(c1)OCO2. The molecule has 1 aromatic carbocycles. The van der Waals surface area contributed by atoms with Crippen molar-refractivity contribution in [3.05, 3.63) is 18.2 Å². The van der Waals surface area contributed by atoms with E-state index in [-0.39, 0.29) is 25.7 Å². The molecule has 6 aliphatic rings. The van der Waals surface area contributed by atoms with Crippen LogP contribution in [0.1, 0.15) is 51.9 Å². The molecule has 0 radical (unpaired) electrons. The first-order valence-corrected chi connectivity index (χ1v) is 12.7. The zero-order valence-corrected chi connectivity index (χ0v) is 19.9. The summed E-state index contributed by atoms with van der Waals surface area (Å²) in [6.45, 7) is 1.77. The number of nitrogens with zero attached hydrogens (tertiary/aromatic N) is 1. The first-order chi connectivity index (χ1) is 16.8. The predicted octanol–water partition coefficient (Wildman–Crippen LogP) is 2.46. The quantitative estimate of drug-likeness (QED) is 0.617. The van der Waals surface area contributed by atoms with E-state index in [1.54, 1.807) is 23.1 Å². The Morgan fingerprint density at radius 3 is 2.40 bits per heavy atom. The van der Waals surface area contributed by atoms with Crippen LogP contribution >= 0.6 is 0 Å². The van der Waals surface area contributed by atoms with E-state index >= 15 is 0 Å². The molecule has 1 saturated heterocycles. The molecule has 35 heavy (non-hydrogen) atoms. The van der Waals surface area contributed by atoms with Crippen molar-refractivity contribution >= 4 is 23.5 Å². The third-order valence-electron chi connectivity index (χ3n) is 8.61. The van der Waals surface area contributed by atoms with Gasteiger partial charge in [0.1, 0.15) is 6.04 Å². The number of carbonyl (C=O) groups excluding carboxylic acids is 3. The highest BCUT2D eigenvalue weighted by molar-refractivity contribution is 5.96. The van der Waals surface area contributed by atoms with Gasteiger partial charge in [0.2, 0.25) is 12.7 Å². The molecule has 0 aromatic heterocycles. The molecule has 9 nitrogen and oxygen atoms in total. The van der Waals surface area contributed by atoms with E-state index in [4.69, 9.17) is 14.2 Å². The van der Waals surface area contributed by atoms with Gasteiger partial charge in [-0.05, 0) is 75.3 Å². The van der Waals surface area contributed by atoms with E-state index < -0.39 is 35.5 Å². The minimum atomic E-state index is -1.07. The first kappa shape index (κ1) is 22.6. The van der Waals surface area contributed by atoms with Crippen molar-refractivity contribution in [2.75, 3.05) is 18.7 Å². The Morgan fingerprint density at radius 1 is 1.06 bits per heavy atom. The molecule has 4 bridgehead atoms. The van der Waals surface area contributed by atoms with Crippen LogP contribution in [0.25, 0.3) is 0 Å². The largest absolute Gasteiger partial charge is 0.454 e. The van der Waals surface area contributed by atoms with Crippen LogP contribution < -0.4 is 14.8 Å². The lowest BCUT2D eigenvalue weighted by Gasteiger charge is -2.56. The molecular weight excluding hydrogens is 452 g/mol. The van der Waals surface area contributed by atoms with Crippen LogP contribution in [-0.2, 0) is 19.1 Å². The minimum absolute atomic E-state index is 0.00688. The van der Waals surface area contributed by atoms with Gasteiger partial charge < -0.3 is 29.5 Å². The average Bonchev–Trinajstić information content (AvgIpc) is 3.43. The fourth-order valence-electron chi connectivity index (χ4n) is 7.46. The number of anilines is 1. The number of hydrogen-bond acceptors (Lipinski definition) is 7. The molecule has 2 heterocycles. The normalized spacial score (nSPS) is 35.1. The molecule has 0 unspecified atom stereocenters. The summed E-state index contributed by atoms with van der Waals surface area (Å²) >= 11 is 0. The molecule has 9 heteroatoms. The van der Waals surface area contributed by atoms with Crippen molar-refractivity contribution < 1.29 is 33.7 Å². The van der Waals surface area contributed by atoms with Crippen LogP contribution in [0.5, 0.6) is 11.5 Å². The smallest absolute Gasteiger partial charge is 0.329 e. The zero-order chi connectivity index (χ0) is 24.3. The summed E-state index contributed by atoms with van der Waals surface area (Å²) in [4.78, 5) is 41.2. The van der Waals surface area contributed by atoms with Gasteiger partial charge in [0.05, 0.1) is 11.5 Å². The fourth-order valence-corrected chi connectivity index (χ4v) is 7.46. The second-order valence-electron chi connectivity index (χ2n) is 11.2. The summed E-state index contributed by atoms with van der Waals surface area (Å²) in [6.07, 6.45) is 4.61. The van der Waals surface area contributed by atoms with Crippen LogP contribution in [0.3, 0.4) is 0 Å². The number of carbonyl (C=O) groups is 3. The van der Waals surface area contributed by atoms with Crippen molar-refractivity contribution in [3.63, 3.8) is 0 Å². The van der Waals surface area contributed by atoms with Gasteiger partial charge in [-0.3, -0.25) is 9.59 Å². The number of aliphatic hydroxyl groups is 1. The third-order valence-corrected chi connectivity index (χ3v) is 8.61. The second kappa shape index (κ2) is 8.40. The van der Waals surface area contributed by atoms with E-state index in [9.17, 15) is 19.5 Å². The molecular formula is C26H32N2O7. The van der Waals surface area contributed by atoms with Crippen molar-refractivity contribution in [2.24, 2.45) is 23.2 Å². The van der Waals surface area contributed by atoms with E-state index in [1.165, 1.54) is 26.2 Å². The van der Waals surface area contributed by atoms with Crippen LogP contribution in [0, 0.1) is 23.2 Å². The lowest BCUT2D eigenvalue weighted by atomic mass is 9.49. The van der Waals surface area contributed by atoms with E-state index in [0.29, 0.717) is 34.9 Å². The van der Waals surface area contributed by atoms with Gasteiger partial charge in [0.15, 0.2) is 17.6 Å². The minimum Gasteiger partial charge on any atom is -0.454 e. The summed E-state index contributed by atoms with van der Waals surface area (Å²) in [7, 11) is 0. The number of fused-ring (bicyclic) bond motifs is 1. The van der Waals surface area contributed by atoms with Crippen LogP contribution in [0.2, 0.25) is 0 Å². The van der Waals surface area contributed by atoms with Crippen molar-refractivity contribution in [2.45, 2.75) is 70.1 Å². The number of amides is 2. The van der Waals surface area contributed by atoms with Crippen molar-refractivity contribution in [1.82, 2.24) is 4.90 Å².